The zero-order valence-electron chi connectivity index (χ0n) is 12.9. The number of nitrogens with two attached hydrogens (primary N) is 1. The second-order valence-corrected chi connectivity index (χ2v) is 7.51. The number of benzene rings is 1. The van der Waals surface area contributed by atoms with E-state index in [-0.39, 0.29) is 6.10 Å². The molecule has 21 heavy (non-hydrogen) atoms. The van der Waals surface area contributed by atoms with Gasteiger partial charge in [0, 0.05) is 26.7 Å². The van der Waals surface area contributed by atoms with E-state index in [2.05, 4.69) is 0 Å². The Hall–Kier alpha value is -0.950. The first kappa shape index (κ1) is 16.4. The molecule has 0 aliphatic carbocycles. The van der Waals surface area contributed by atoms with Crippen molar-refractivity contribution in [1.82, 2.24) is 4.31 Å². The Balaban J connectivity index is 2.41. The van der Waals surface area contributed by atoms with Crippen molar-refractivity contribution in [2.24, 2.45) is 5.73 Å². The lowest BCUT2D eigenvalue weighted by Crippen LogP contribution is -2.43. The van der Waals surface area contributed by atoms with Gasteiger partial charge in [0.1, 0.15) is 0 Å². The molecule has 1 aliphatic rings. The molecule has 0 spiro atoms. The monoisotopic (exact) mass is 312 g/mol. The van der Waals surface area contributed by atoms with Crippen molar-refractivity contribution < 1.29 is 13.2 Å². The van der Waals surface area contributed by atoms with E-state index in [0.717, 1.165) is 29.5 Å². The number of ether oxygens (including phenoxy) is 1. The molecule has 2 N–H and O–H groups in total. The summed E-state index contributed by atoms with van der Waals surface area (Å²) >= 11 is 0. The Labute approximate surface area is 127 Å². The maximum absolute atomic E-state index is 12.9. The molecule has 1 atom stereocenters. The highest BCUT2D eigenvalue weighted by atomic mass is 32.2. The minimum absolute atomic E-state index is 0.0207. The number of rotatable bonds is 4. The first-order chi connectivity index (χ1) is 9.90. The van der Waals surface area contributed by atoms with Crippen molar-refractivity contribution in [3.05, 3.63) is 28.8 Å². The zero-order valence-corrected chi connectivity index (χ0v) is 13.7. The molecule has 1 saturated heterocycles. The number of hydrogen-bond donors (Lipinski definition) is 1. The summed E-state index contributed by atoms with van der Waals surface area (Å²) in [5.74, 6) is 0. The Morgan fingerprint density at radius 3 is 2.71 bits per heavy atom. The molecular weight excluding hydrogens is 288 g/mol. The summed E-state index contributed by atoms with van der Waals surface area (Å²) in [6.45, 7) is 5.07. The Bertz CT molecular complexity index is 614. The van der Waals surface area contributed by atoms with Gasteiger partial charge in [-0.1, -0.05) is 6.07 Å². The minimum Gasteiger partial charge on any atom is -0.380 e. The SMILES string of the molecule is COC1CCCN(S(=O)(=O)c2cc(CN)cc(C)c2C)C1. The van der Waals surface area contributed by atoms with Gasteiger partial charge in [0.15, 0.2) is 0 Å². The van der Waals surface area contributed by atoms with Gasteiger partial charge in [-0.3, -0.25) is 0 Å². The fraction of sp³-hybridized carbons (Fsp3) is 0.600. The van der Waals surface area contributed by atoms with E-state index in [0.29, 0.717) is 24.5 Å². The zero-order chi connectivity index (χ0) is 15.6. The van der Waals surface area contributed by atoms with Crippen molar-refractivity contribution in [2.45, 2.75) is 44.2 Å². The minimum atomic E-state index is -3.49. The predicted molar refractivity (Wildman–Crippen MR) is 82.6 cm³/mol. The summed E-state index contributed by atoms with van der Waals surface area (Å²) in [5, 5.41) is 0. The number of nitrogens with zero attached hydrogens (tertiary/aromatic N) is 1. The molecule has 0 saturated carbocycles. The lowest BCUT2D eigenvalue weighted by Gasteiger charge is -2.31. The third kappa shape index (κ3) is 3.29. The molecule has 1 heterocycles. The molecule has 1 fully saturated rings. The largest absolute Gasteiger partial charge is 0.380 e. The van der Waals surface area contributed by atoms with Crippen LogP contribution in [-0.2, 0) is 21.3 Å². The van der Waals surface area contributed by atoms with Crippen molar-refractivity contribution in [2.75, 3.05) is 20.2 Å². The molecule has 0 amide bonds. The molecule has 118 valence electrons. The molecule has 1 unspecified atom stereocenters. The second-order valence-electron chi connectivity index (χ2n) is 5.60. The van der Waals surface area contributed by atoms with Crippen LogP contribution in [0.3, 0.4) is 0 Å². The van der Waals surface area contributed by atoms with Crippen LogP contribution < -0.4 is 5.73 Å². The van der Waals surface area contributed by atoms with Crippen LogP contribution in [0.2, 0.25) is 0 Å². The first-order valence-electron chi connectivity index (χ1n) is 7.23. The molecule has 1 aromatic carbocycles. The van der Waals surface area contributed by atoms with Gasteiger partial charge >= 0.3 is 0 Å². The maximum Gasteiger partial charge on any atom is 0.243 e. The molecule has 6 heteroatoms. The summed E-state index contributed by atoms with van der Waals surface area (Å²) in [6, 6.07) is 3.65. The standard InChI is InChI=1S/C15H24N2O3S/c1-11-7-13(9-16)8-15(12(11)2)21(18,19)17-6-4-5-14(10-17)20-3/h7-8,14H,4-6,9-10,16H2,1-3H3. The predicted octanol–water partition coefficient (Wildman–Crippen LogP) is 1.56. The number of sulfonamides is 1. The van der Waals surface area contributed by atoms with Crippen LogP contribution in [0.5, 0.6) is 0 Å². The molecule has 1 aliphatic heterocycles. The van der Waals surface area contributed by atoms with E-state index < -0.39 is 10.0 Å². The quantitative estimate of drug-likeness (QED) is 0.916. The molecule has 1 aromatic rings. The normalized spacial score (nSPS) is 20.7. The molecule has 2 rings (SSSR count). The molecule has 5 nitrogen and oxygen atoms in total. The highest BCUT2D eigenvalue weighted by molar-refractivity contribution is 7.89. The third-order valence-electron chi connectivity index (χ3n) is 4.21. The fourth-order valence-corrected chi connectivity index (χ4v) is 4.60. The highest BCUT2D eigenvalue weighted by Crippen LogP contribution is 2.27. The topological polar surface area (TPSA) is 72.6 Å². The smallest absolute Gasteiger partial charge is 0.243 e. The lowest BCUT2D eigenvalue weighted by molar-refractivity contribution is 0.0571. The summed E-state index contributed by atoms with van der Waals surface area (Å²) < 4.78 is 32.7. The van der Waals surface area contributed by atoms with Crippen molar-refractivity contribution >= 4 is 10.0 Å². The fourth-order valence-electron chi connectivity index (χ4n) is 2.74. The van der Waals surface area contributed by atoms with Crippen LogP contribution in [0.4, 0.5) is 0 Å². The average Bonchev–Trinajstić information content (AvgIpc) is 2.49. The van der Waals surface area contributed by atoms with E-state index >= 15 is 0 Å². The Morgan fingerprint density at radius 1 is 1.38 bits per heavy atom. The average molecular weight is 312 g/mol. The van der Waals surface area contributed by atoms with Gasteiger partial charge in [0.2, 0.25) is 10.0 Å². The maximum atomic E-state index is 12.9. The van der Waals surface area contributed by atoms with Crippen LogP contribution >= 0.6 is 0 Å². The number of piperidine rings is 1. The van der Waals surface area contributed by atoms with Gasteiger partial charge in [-0.05, 0) is 49.4 Å². The van der Waals surface area contributed by atoms with Crippen LogP contribution in [0.15, 0.2) is 17.0 Å². The van der Waals surface area contributed by atoms with Crippen LogP contribution in [0.25, 0.3) is 0 Å². The van der Waals surface area contributed by atoms with Crippen LogP contribution in [-0.4, -0.2) is 39.0 Å². The van der Waals surface area contributed by atoms with Gasteiger partial charge in [-0.25, -0.2) is 8.42 Å². The second kappa shape index (κ2) is 6.44. The first-order valence-corrected chi connectivity index (χ1v) is 8.67. The number of methoxy groups -OCH3 is 1. The van der Waals surface area contributed by atoms with E-state index in [4.69, 9.17) is 10.5 Å². The van der Waals surface area contributed by atoms with E-state index in [1.54, 1.807) is 13.2 Å². The third-order valence-corrected chi connectivity index (χ3v) is 6.20. The summed E-state index contributed by atoms with van der Waals surface area (Å²) in [5.41, 5.74) is 8.27. The van der Waals surface area contributed by atoms with Gasteiger partial charge in [0.25, 0.3) is 0 Å². The van der Waals surface area contributed by atoms with Gasteiger partial charge in [-0.15, -0.1) is 0 Å². The Kier molecular flexibility index (Phi) is 5.03. The molecule has 0 radical (unpaired) electrons. The van der Waals surface area contributed by atoms with Crippen molar-refractivity contribution in [1.29, 1.82) is 0 Å². The van der Waals surface area contributed by atoms with Crippen molar-refractivity contribution in [3.8, 4) is 0 Å². The summed E-state index contributed by atoms with van der Waals surface area (Å²) in [4.78, 5) is 0.375. The van der Waals surface area contributed by atoms with Crippen molar-refractivity contribution in [3.63, 3.8) is 0 Å². The van der Waals surface area contributed by atoms with E-state index in [1.807, 2.05) is 19.9 Å². The summed E-state index contributed by atoms with van der Waals surface area (Å²) in [7, 11) is -1.86. The van der Waals surface area contributed by atoms with Crippen LogP contribution in [0, 0.1) is 13.8 Å². The van der Waals surface area contributed by atoms with Gasteiger partial charge in [0.05, 0.1) is 11.0 Å². The van der Waals surface area contributed by atoms with Gasteiger partial charge < -0.3 is 10.5 Å². The number of aryl methyl sites for hydroxylation is 1. The van der Waals surface area contributed by atoms with Gasteiger partial charge in [-0.2, -0.15) is 4.31 Å². The Morgan fingerprint density at radius 2 is 2.10 bits per heavy atom. The lowest BCUT2D eigenvalue weighted by atomic mass is 10.1. The molecule has 0 aromatic heterocycles. The van der Waals surface area contributed by atoms with E-state index in [9.17, 15) is 8.42 Å². The molecular formula is C15H24N2O3S. The van der Waals surface area contributed by atoms with Crippen LogP contribution in [0.1, 0.15) is 29.5 Å². The highest BCUT2D eigenvalue weighted by Gasteiger charge is 2.31. The van der Waals surface area contributed by atoms with E-state index in [1.165, 1.54) is 4.31 Å². The summed E-state index contributed by atoms with van der Waals surface area (Å²) in [6.07, 6.45) is 1.71. The number of hydrogen-bond acceptors (Lipinski definition) is 4. The molecule has 0 bridgehead atoms.